The van der Waals surface area contributed by atoms with Gasteiger partial charge in [0, 0.05) is 38.1 Å². The molecule has 0 saturated carbocycles. The predicted molar refractivity (Wildman–Crippen MR) is 96.8 cm³/mol. The van der Waals surface area contributed by atoms with Crippen molar-refractivity contribution in [3.63, 3.8) is 0 Å². The second-order valence-corrected chi connectivity index (χ2v) is 7.86. The molecule has 7 heteroatoms. The maximum Gasteiger partial charge on any atom is 0.242 e. The number of thiophene rings is 1. The average Bonchev–Trinajstić information content (AvgIpc) is 3.15. The molecule has 0 aromatic carbocycles. The number of nitrogens with zero attached hydrogens (tertiary/aromatic N) is 5. The largest absolute Gasteiger partial charge is 0.350 e. The first-order valence-electron chi connectivity index (χ1n) is 8.56. The van der Waals surface area contributed by atoms with Crippen LogP contribution in [0.25, 0.3) is 10.2 Å². The lowest BCUT2D eigenvalue weighted by Crippen LogP contribution is -2.49. The van der Waals surface area contributed by atoms with Gasteiger partial charge in [-0.3, -0.25) is 4.79 Å². The smallest absolute Gasteiger partial charge is 0.242 e. The summed E-state index contributed by atoms with van der Waals surface area (Å²) in [5.41, 5.74) is 1.41. The van der Waals surface area contributed by atoms with E-state index in [1.54, 1.807) is 17.7 Å². The maximum absolute atomic E-state index is 12.6. The first kappa shape index (κ1) is 15.8. The lowest BCUT2D eigenvalue weighted by molar-refractivity contribution is -0.131. The molecule has 0 bridgehead atoms. The van der Waals surface area contributed by atoms with Gasteiger partial charge in [0.1, 0.15) is 17.0 Å². The quantitative estimate of drug-likeness (QED) is 0.841. The number of hydrogen-bond donors (Lipinski definition) is 0. The molecule has 2 aliphatic rings. The van der Waals surface area contributed by atoms with Crippen LogP contribution in [0.3, 0.4) is 0 Å². The molecule has 4 rings (SSSR count). The fraction of sp³-hybridized carbons (Fsp3) is 0.588. The number of aryl methyl sites for hydroxylation is 2. The zero-order chi connectivity index (χ0) is 16.7. The van der Waals surface area contributed by atoms with E-state index in [1.807, 2.05) is 16.8 Å². The molecule has 1 saturated heterocycles. The minimum Gasteiger partial charge on any atom is -0.350 e. The molecule has 1 aliphatic carbocycles. The van der Waals surface area contributed by atoms with Gasteiger partial charge in [-0.25, -0.2) is 9.97 Å². The van der Waals surface area contributed by atoms with Gasteiger partial charge in [-0.15, -0.1) is 11.3 Å². The van der Waals surface area contributed by atoms with Crippen LogP contribution in [0.1, 0.15) is 16.9 Å². The van der Waals surface area contributed by atoms with Gasteiger partial charge in [0.05, 0.1) is 11.9 Å². The molecule has 1 aliphatic heterocycles. The second-order valence-electron chi connectivity index (χ2n) is 6.77. The highest BCUT2D eigenvalue weighted by molar-refractivity contribution is 7.19. The summed E-state index contributed by atoms with van der Waals surface area (Å²) in [6, 6.07) is 0. The van der Waals surface area contributed by atoms with E-state index in [2.05, 4.69) is 21.9 Å². The lowest BCUT2D eigenvalue weighted by Gasteiger charge is -2.33. The van der Waals surface area contributed by atoms with Crippen LogP contribution in [-0.2, 0) is 17.6 Å². The van der Waals surface area contributed by atoms with Crippen molar-refractivity contribution in [2.45, 2.75) is 19.3 Å². The predicted octanol–water partition coefficient (Wildman–Crippen LogP) is 1.39. The zero-order valence-corrected chi connectivity index (χ0v) is 15.1. The Bertz CT molecular complexity index is 766. The van der Waals surface area contributed by atoms with Gasteiger partial charge in [0.2, 0.25) is 5.91 Å². The third-order valence-corrected chi connectivity index (χ3v) is 6.27. The summed E-state index contributed by atoms with van der Waals surface area (Å²) in [6.07, 6.45) is 5.10. The highest BCUT2D eigenvalue weighted by Gasteiger charge is 2.25. The number of amides is 1. The Kier molecular flexibility index (Phi) is 4.14. The molecule has 24 heavy (non-hydrogen) atoms. The Morgan fingerprint density at radius 3 is 2.83 bits per heavy atom. The second kappa shape index (κ2) is 6.29. The summed E-state index contributed by atoms with van der Waals surface area (Å²) >= 11 is 1.79. The fourth-order valence-electron chi connectivity index (χ4n) is 3.63. The van der Waals surface area contributed by atoms with Crippen molar-refractivity contribution in [1.29, 1.82) is 0 Å². The number of piperazine rings is 1. The number of rotatable bonds is 3. The molecule has 2 aromatic rings. The number of hydrogen-bond acceptors (Lipinski definition) is 6. The number of carbonyl (C=O) groups excluding carboxylic acids is 1. The molecule has 0 unspecified atom stereocenters. The van der Waals surface area contributed by atoms with Gasteiger partial charge >= 0.3 is 0 Å². The van der Waals surface area contributed by atoms with E-state index in [0.29, 0.717) is 6.54 Å². The minimum atomic E-state index is 0.184. The van der Waals surface area contributed by atoms with E-state index in [-0.39, 0.29) is 5.91 Å². The Balaban J connectivity index is 1.55. The molecule has 0 atom stereocenters. The Morgan fingerprint density at radius 1 is 1.25 bits per heavy atom. The molecule has 1 amide bonds. The van der Waals surface area contributed by atoms with E-state index in [9.17, 15) is 4.79 Å². The molecule has 0 N–H and O–H groups in total. The first-order chi connectivity index (χ1) is 11.6. The number of anilines is 1. The monoisotopic (exact) mass is 345 g/mol. The summed E-state index contributed by atoms with van der Waals surface area (Å²) < 4.78 is 0. The minimum absolute atomic E-state index is 0.184. The van der Waals surface area contributed by atoms with Crippen molar-refractivity contribution in [2.24, 2.45) is 0 Å². The number of fused-ring (bicyclic) bond motifs is 3. The summed E-state index contributed by atoms with van der Waals surface area (Å²) in [6.45, 7) is 3.91. The maximum atomic E-state index is 12.6. The zero-order valence-electron chi connectivity index (χ0n) is 14.3. The van der Waals surface area contributed by atoms with Crippen molar-refractivity contribution in [1.82, 2.24) is 19.8 Å². The highest BCUT2D eigenvalue weighted by atomic mass is 32.1. The highest BCUT2D eigenvalue weighted by Crippen LogP contribution is 2.39. The average molecular weight is 345 g/mol. The first-order valence-corrected chi connectivity index (χ1v) is 9.38. The molecular weight excluding hydrogens is 322 g/mol. The number of likely N-dealkylation sites (N-methyl/N-ethyl adjacent to an activating group) is 2. The van der Waals surface area contributed by atoms with E-state index in [0.717, 1.165) is 49.7 Å². The van der Waals surface area contributed by atoms with Crippen LogP contribution in [0.15, 0.2) is 6.33 Å². The fourth-order valence-corrected chi connectivity index (χ4v) is 4.86. The summed E-state index contributed by atoms with van der Waals surface area (Å²) in [5, 5.41) is 1.17. The Labute approximate surface area is 146 Å². The van der Waals surface area contributed by atoms with Gasteiger partial charge in [0.25, 0.3) is 0 Å². The van der Waals surface area contributed by atoms with Crippen molar-refractivity contribution in [2.75, 3.05) is 51.7 Å². The molecular formula is C17H23N5OS. The van der Waals surface area contributed by atoms with Gasteiger partial charge in [-0.1, -0.05) is 0 Å². The van der Waals surface area contributed by atoms with E-state index in [4.69, 9.17) is 0 Å². The van der Waals surface area contributed by atoms with Crippen LogP contribution in [0, 0.1) is 0 Å². The van der Waals surface area contributed by atoms with E-state index < -0.39 is 0 Å². The molecule has 1 fully saturated rings. The molecule has 0 spiro atoms. The SMILES string of the molecule is CN1CCN(C(=O)CN(C)c2ncnc3sc4c(c23)CCC4)CC1. The molecule has 6 nitrogen and oxygen atoms in total. The third kappa shape index (κ3) is 2.75. The lowest BCUT2D eigenvalue weighted by atomic mass is 10.2. The summed E-state index contributed by atoms with van der Waals surface area (Å²) in [5.74, 6) is 1.09. The van der Waals surface area contributed by atoms with Crippen molar-refractivity contribution >= 4 is 33.3 Å². The van der Waals surface area contributed by atoms with Crippen LogP contribution in [-0.4, -0.2) is 72.5 Å². The third-order valence-electron chi connectivity index (χ3n) is 5.07. The van der Waals surface area contributed by atoms with Crippen LogP contribution in [0.2, 0.25) is 0 Å². The normalized spacial score (nSPS) is 18.2. The van der Waals surface area contributed by atoms with Gasteiger partial charge in [0.15, 0.2) is 0 Å². The number of carbonyl (C=O) groups is 1. The van der Waals surface area contributed by atoms with Gasteiger partial charge in [-0.05, 0) is 31.9 Å². The Morgan fingerprint density at radius 2 is 2.04 bits per heavy atom. The molecule has 2 aromatic heterocycles. The molecule has 3 heterocycles. The van der Waals surface area contributed by atoms with Crippen molar-refractivity contribution in [3.05, 3.63) is 16.8 Å². The topological polar surface area (TPSA) is 52.6 Å². The van der Waals surface area contributed by atoms with Crippen LogP contribution < -0.4 is 4.90 Å². The summed E-state index contributed by atoms with van der Waals surface area (Å²) in [4.78, 5) is 30.3. The number of aromatic nitrogens is 2. The van der Waals surface area contributed by atoms with Gasteiger partial charge in [-0.2, -0.15) is 0 Å². The van der Waals surface area contributed by atoms with E-state index >= 15 is 0 Å². The van der Waals surface area contributed by atoms with E-state index in [1.165, 1.54) is 22.2 Å². The molecule has 0 radical (unpaired) electrons. The summed E-state index contributed by atoms with van der Waals surface area (Å²) in [7, 11) is 4.07. The van der Waals surface area contributed by atoms with Gasteiger partial charge < -0.3 is 14.7 Å². The Hall–Kier alpha value is -1.73. The van der Waals surface area contributed by atoms with Crippen LogP contribution in [0.4, 0.5) is 5.82 Å². The van der Waals surface area contributed by atoms with Crippen molar-refractivity contribution in [3.8, 4) is 0 Å². The van der Waals surface area contributed by atoms with Crippen LogP contribution >= 0.6 is 11.3 Å². The molecule has 128 valence electrons. The van der Waals surface area contributed by atoms with Crippen molar-refractivity contribution < 1.29 is 4.79 Å². The van der Waals surface area contributed by atoms with Crippen LogP contribution in [0.5, 0.6) is 0 Å². The standard InChI is InChI=1S/C17H23N5OS/c1-20-6-8-22(9-7-20)14(23)10-21(2)16-15-12-4-3-5-13(12)24-17(15)19-11-18-16/h11H,3-10H2,1-2H3.